The number of para-hydroxylation sites is 1. The lowest BCUT2D eigenvalue weighted by molar-refractivity contribution is -0.327. The van der Waals surface area contributed by atoms with Crippen molar-refractivity contribution >= 4 is 11.7 Å². The summed E-state index contributed by atoms with van der Waals surface area (Å²) in [6.07, 6.45) is 4.91. The van der Waals surface area contributed by atoms with Crippen molar-refractivity contribution in [3.8, 4) is 0 Å². The molecule has 1 aromatic rings. The predicted octanol–water partition coefficient (Wildman–Crippen LogP) is 3.25. The molecule has 5 saturated carbocycles. The third-order valence-corrected chi connectivity index (χ3v) is 12.9. The van der Waals surface area contributed by atoms with Gasteiger partial charge in [0, 0.05) is 55.7 Å². The Kier molecular flexibility index (Phi) is 6.04. The topological polar surface area (TPSA) is 114 Å². The molecule has 220 valence electrons. The molecule has 1 unspecified atom stereocenters. The maximum atomic E-state index is 13.8. The monoisotopic (exact) mass is 554 g/mol. The molecule has 1 spiro atoms. The highest BCUT2D eigenvalue weighted by Crippen LogP contribution is 2.78. The first-order valence-electron chi connectivity index (χ1n) is 15.5. The van der Waals surface area contributed by atoms with Crippen LogP contribution in [0.1, 0.15) is 69.2 Å². The van der Waals surface area contributed by atoms with Crippen molar-refractivity contribution in [3.63, 3.8) is 0 Å². The van der Waals surface area contributed by atoms with E-state index < -0.39 is 28.3 Å². The fourth-order valence-corrected chi connectivity index (χ4v) is 11.8. The largest absolute Gasteiger partial charge is 0.454 e. The van der Waals surface area contributed by atoms with Crippen LogP contribution in [0.3, 0.4) is 0 Å². The highest BCUT2D eigenvalue weighted by Gasteiger charge is 2.87. The van der Waals surface area contributed by atoms with E-state index in [0.29, 0.717) is 43.0 Å². The van der Waals surface area contributed by atoms with Gasteiger partial charge in [0.2, 0.25) is 0 Å². The molecule has 0 aromatic heterocycles. The number of rotatable bonds is 6. The molecule has 8 heteroatoms. The zero-order valence-electron chi connectivity index (χ0n) is 24.3. The van der Waals surface area contributed by atoms with Gasteiger partial charge in [-0.15, -0.1) is 0 Å². The van der Waals surface area contributed by atoms with E-state index in [2.05, 4.69) is 18.7 Å². The first kappa shape index (κ1) is 27.1. The maximum Gasteiger partial charge on any atom is 0.340 e. The van der Waals surface area contributed by atoms with Gasteiger partial charge < -0.3 is 30.2 Å². The summed E-state index contributed by atoms with van der Waals surface area (Å²) in [6.45, 7) is 5.76. The highest BCUT2D eigenvalue weighted by molar-refractivity contribution is 5.95. The molecule has 1 heterocycles. The number of carbonyl (C=O) groups excluding carboxylic acids is 1. The van der Waals surface area contributed by atoms with Gasteiger partial charge in [-0.1, -0.05) is 32.4 Å². The van der Waals surface area contributed by atoms with E-state index in [0.717, 1.165) is 32.2 Å². The van der Waals surface area contributed by atoms with Gasteiger partial charge in [0.05, 0.1) is 17.8 Å². The number of ether oxygens (including phenoxy) is 3. The fourth-order valence-electron chi connectivity index (χ4n) is 11.8. The molecule has 7 rings (SSSR count). The van der Waals surface area contributed by atoms with Crippen LogP contribution in [0.4, 0.5) is 5.69 Å². The summed E-state index contributed by atoms with van der Waals surface area (Å²) in [7, 11) is 3.49. The lowest BCUT2D eigenvalue weighted by Crippen LogP contribution is -2.82. The Hall–Kier alpha value is -1.71. The molecule has 1 aliphatic heterocycles. The summed E-state index contributed by atoms with van der Waals surface area (Å²) in [6, 6.07) is 7.15. The fraction of sp³-hybridized carbons (Fsp3) is 0.781. The number of esters is 1. The number of anilines is 1. The second-order valence-corrected chi connectivity index (χ2v) is 13.9. The van der Waals surface area contributed by atoms with Gasteiger partial charge in [-0.2, -0.15) is 0 Å². The molecule has 0 amide bonds. The van der Waals surface area contributed by atoms with Crippen LogP contribution in [-0.2, 0) is 14.2 Å². The van der Waals surface area contributed by atoms with Crippen molar-refractivity contribution < 1.29 is 29.2 Å². The average molecular weight is 555 g/mol. The minimum absolute atomic E-state index is 0.0367. The molecule has 0 radical (unpaired) electrons. The van der Waals surface area contributed by atoms with Crippen molar-refractivity contribution in [2.75, 3.05) is 33.0 Å². The molecule has 7 bridgehead atoms. The number of nitrogens with zero attached hydrogens (tertiary/aromatic N) is 1. The zero-order valence-corrected chi connectivity index (χ0v) is 24.3. The van der Waals surface area contributed by atoms with Crippen LogP contribution >= 0.6 is 0 Å². The number of benzene rings is 1. The molecular formula is C32H46N2O6. The third-order valence-electron chi connectivity index (χ3n) is 12.9. The Labute approximate surface area is 237 Å². The molecule has 4 N–H and O–H groups in total. The SMILES string of the molecule is CC[C@@H]1C[C@H]2C[C@H]3[C@@]45C6[C@@H](C[C@@H]4[C@@](OC(=O)c4ccccc4N)(CC[C@@H]5OC)CN6CC)[C@@](O)(C1)[C@@]3(O)[C@H]2OC. The molecule has 1 saturated heterocycles. The van der Waals surface area contributed by atoms with Gasteiger partial charge in [-0.3, -0.25) is 4.90 Å². The number of nitrogens with two attached hydrogens (primary N) is 1. The molecule has 1 aromatic carbocycles. The summed E-state index contributed by atoms with van der Waals surface area (Å²) < 4.78 is 19.2. The van der Waals surface area contributed by atoms with Crippen molar-refractivity contribution in [1.29, 1.82) is 0 Å². The summed E-state index contributed by atoms with van der Waals surface area (Å²) in [5.41, 5.74) is 3.15. The van der Waals surface area contributed by atoms with E-state index in [4.69, 9.17) is 19.9 Å². The van der Waals surface area contributed by atoms with Crippen LogP contribution in [0.25, 0.3) is 0 Å². The van der Waals surface area contributed by atoms with Crippen LogP contribution < -0.4 is 5.73 Å². The average Bonchev–Trinajstić information content (AvgIpc) is 3.34. The molecule has 5 aliphatic carbocycles. The lowest BCUT2D eigenvalue weighted by atomic mass is 9.43. The Bertz CT molecular complexity index is 1200. The first-order chi connectivity index (χ1) is 19.2. The number of nitrogen functional groups attached to an aromatic ring is 1. The van der Waals surface area contributed by atoms with Gasteiger partial charge in [0.25, 0.3) is 0 Å². The van der Waals surface area contributed by atoms with Crippen molar-refractivity contribution in [2.45, 2.75) is 93.8 Å². The number of carbonyl (C=O) groups is 1. The quantitative estimate of drug-likeness (QED) is 0.363. The zero-order chi connectivity index (χ0) is 28.2. The minimum Gasteiger partial charge on any atom is -0.454 e. The van der Waals surface area contributed by atoms with Crippen molar-refractivity contribution in [1.82, 2.24) is 4.90 Å². The Morgan fingerprint density at radius 3 is 2.55 bits per heavy atom. The first-order valence-corrected chi connectivity index (χ1v) is 15.5. The smallest absolute Gasteiger partial charge is 0.340 e. The highest BCUT2D eigenvalue weighted by atomic mass is 16.6. The summed E-state index contributed by atoms with van der Waals surface area (Å²) in [4.78, 5) is 16.2. The van der Waals surface area contributed by atoms with Gasteiger partial charge in [0.1, 0.15) is 16.8 Å². The van der Waals surface area contributed by atoms with Crippen molar-refractivity contribution in [2.24, 2.45) is 35.0 Å². The van der Waals surface area contributed by atoms with Crippen LogP contribution in [0.2, 0.25) is 0 Å². The van der Waals surface area contributed by atoms with Crippen LogP contribution in [0.5, 0.6) is 0 Å². The maximum absolute atomic E-state index is 13.8. The van der Waals surface area contributed by atoms with E-state index in [-0.39, 0.29) is 41.8 Å². The Balaban J connectivity index is 1.42. The Morgan fingerprint density at radius 2 is 1.88 bits per heavy atom. The number of hydrogen-bond donors (Lipinski definition) is 3. The normalized spacial score (nSPS) is 50.5. The predicted molar refractivity (Wildman–Crippen MR) is 149 cm³/mol. The second-order valence-electron chi connectivity index (χ2n) is 13.9. The number of likely N-dealkylation sites (tertiary alicyclic amines) is 1. The van der Waals surface area contributed by atoms with Crippen LogP contribution in [0, 0.1) is 35.0 Å². The van der Waals surface area contributed by atoms with Crippen molar-refractivity contribution in [3.05, 3.63) is 29.8 Å². The number of aliphatic hydroxyl groups is 2. The number of piperidine rings is 1. The molecule has 6 aliphatic rings. The summed E-state index contributed by atoms with van der Waals surface area (Å²) in [5.74, 6) is -0.307. The van der Waals surface area contributed by atoms with E-state index >= 15 is 0 Å². The van der Waals surface area contributed by atoms with E-state index in [1.807, 2.05) is 12.1 Å². The van der Waals surface area contributed by atoms with Crippen LogP contribution in [-0.4, -0.2) is 83.4 Å². The molecule has 12 atom stereocenters. The van der Waals surface area contributed by atoms with Gasteiger partial charge >= 0.3 is 5.97 Å². The number of fused-ring (bicyclic) bond motifs is 2. The van der Waals surface area contributed by atoms with E-state index in [1.165, 1.54) is 0 Å². The minimum atomic E-state index is -1.38. The summed E-state index contributed by atoms with van der Waals surface area (Å²) in [5, 5.41) is 26.0. The van der Waals surface area contributed by atoms with Gasteiger partial charge in [-0.05, 0) is 69.0 Å². The van der Waals surface area contributed by atoms with Crippen LogP contribution in [0.15, 0.2) is 24.3 Å². The molecule has 6 fully saturated rings. The third kappa shape index (κ3) is 2.97. The summed E-state index contributed by atoms with van der Waals surface area (Å²) >= 11 is 0. The number of methoxy groups -OCH3 is 2. The lowest BCUT2D eigenvalue weighted by Gasteiger charge is -2.70. The van der Waals surface area contributed by atoms with Gasteiger partial charge in [-0.25, -0.2) is 4.79 Å². The molecule has 8 nitrogen and oxygen atoms in total. The standard InChI is InChI=1S/C32H46N2O6/c1-5-18-13-19-14-24-31-23-15-21(30(36,16-18)32(24,37)27(19)39-4)26(31)34(6-2)17-29(23,12-11-25(31)38-3)40-28(35)20-9-7-8-10-22(20)33/h7-10,18-19,21,23-27,36-37H,5-6,11-17,33H2,1-4H3/t18-,19+,21-,23-,24+,25+,26?,27+,29-,30+,31+,32+/m1/s1. The number of likely N-dealkylation sites (N-methyl/N-ethyl adjacent to an activating group) is 1. The molecular weight excluding hydrogens is 508 g/mol. The van der Waals surface area contributed by atoms with E-state index in [1.54, 1.807) is 26.4 Å². The molecule has 40 heavy (non-hydrogen) atoms. The van der Waals surface area contributed by atoms with E-state index in [9.17, 15) is 15.0 Å². The number of hydrogen-bond acceptors (Lipinski definition) is 8. The Morgan fingerprint density at radius 1 is 1.10 bits per heavy atom. The van der Waals surface area contributed by atoms with Gasteiger partial charge in [0.15, 0.2) is 0 Å². The second kappa shape index (κ2) is 8.90.